The Bertz CT molecular complexity index is 753. The average Bonchev–Trinajstić information content (AvgIpc) is 3.09. The maximum atomic E-state index is 5.95. The fourth-order valence-electron chi connectivity index (χ4n) is 5.64. The predicted molar refractivity (Wildman–Crippen MR) is 108 cm³/mol. The highest BCUT2D eigenvalue weighted by Crippen LogP contribution is 2.52. The molecule has 4 rings (SSSR count). The van der Waals surface area contributed by atoms with Crippen molar-refractivity contribution < 1.29 is 4.42 Å². The van der Waals surface area contributed by atoms with Gasteiger partial charge < -0.3 is 4.42 Å². The maximum absolute atomic E-state index is 5.95. The summed E-state index contributed by atoms with van der Waals surface area (Å²) in [6.45, 7) is 6.35. The first-order valence-electron chi connectivity index (χ1n) is 10.6. The molecule has 0 aliphatic heterocycles. The highest BCUT2D eigenvalue weighted by atomic mass is 16.4. The molecule has 4 nitrogen and oxygen atoms in total. The average molecular weight is 368 g/mol. The standard InChI is InChI=1S/C23H33N3O/c1-4-18-12-19-6-5-11-23(13-18,14-19)16-26(3)15-21-24-25-22(27-21)20-9-7-17(2)8-10-20/h7-10,18-19H,4-6,11-16H2,1-3H3. The molecule has 0 spiro atoms. The highest BCUT2D eigenvalue weighted by Gasteiger charge is 2.43. The van der Waals surface area contributed by atoms with Gasteiger partial charge in [0, 0.05) is 12.1 Å². The molecule has 0 amide bonds. The molecular formula is C23H33N3O. The summed E-state index contributed by atoms with van der Waals surface area (Å²) in [5, 5.41) is 8.56. The third kappa shape index (κ3) is 4.26. The van der Waals surface area contributed by atoms with Gasteiger partial charge in [-0.2, -0.15) is 0 Å². The lowest BCUT2D eigenvalue weighted by Crippen LogP contribution is -2.44. The molecule has 0 N–H and O–H groups in total. The maximum Gasteiger partial charge on any atom is 0.247 e. The molecule has 2 aromatic rings. The second kappa shape index (κ2) is 7.75. The van der Waals surface area contributed by atoms with Crippen LogP contribution >= 0.6 is 0 Å². The van der Waals surface area contributed by atoms with E-state index in [-0.39, 0.29) is 0 Å². The van der Waals surface area contributed by atoms with E-state index in [9.17, 15) is 0 Å². The lowest BCUT2D eigenvalue weighted by atomic mass is 9.58. The van der Waals surface area contributed by atoms with Crippen molar-refractivity contribution in [3.8, 4) is 11.5 Å². The highest BCUT2D eigenvalue weighted by molar-refractivity contribution is 5.52. The minimum absolute atomic E-state index is 0.510. The van der Waals surface area contributed by atoms with Crippen LogP contribution in [0.3, 0.4) is 0 Å². The summed E-state index contributed by atoms with van der Waals surface area (Å²) in [7, 11) is 2.21. The molecule has 2 bridgehead atoms. The van der Waals surface area contributed by atoms with E-state index in [0.717, 1.165) is 36.4 Å². The van der Waals surface area contributed by atoms with E-state index in [1.807, 2.05) is 12.1 Å². The van der Waals surface area contributed by atoms with Crippen molar-refractivity contribution in [1.29, 1.82) is 0 Å². The van der Waals surface area contributed by atoms with E-state index < -0.39 is 0 Å². The molecule has 1 aromatic heterocycles. The van der Waals surface area contributed by atoms with Crippen LogP contribution in [0.25, 0.3) is 11.5 Å². The minimum atomic E-state index is 0.510. The van der Waals surface area contributed by atoms with Crippen molar-refractivity contribution in [2.24, 2.45) is 17.3 Å². The van der Waals surface area contributed by atoms with E-state index in [1.165, 1.54) is 50.5 Å². The molecule has 146 valence electrons. The van der Waals surface area contributed by atoms with E-state index in [1.54, 1.807) is 0 Å². The monoisotopic (exact) mass is 367 g/mol. The predicted octanol–water partition coefficient (Wildman–Crippen LogP) is 5.47. The molecule has 0 saturated heterocycles. The molecule has 3 atom stereocenters. The second-order valence-electron chi connectivity index (χ2n) is 9.22. The Balaban J connectivity index is 1.40. The fourth-order valence-corrected chi connectivity index (χ4v) is 5.64. The third-order valence-electron chi connectivity index (χ3n) is 6.78. The van der Waals surface area contributed by atoms with Crippen molar-refractivity contribution in [3.63, 3.8) is 0 Å². The SMILES string of the molecule is CCC1CC2CCCC(CN(C)Cc3nnc(-c4ccc(C)cc4)o3)(C1)C2. The van der Waals surface area contributed by atoms with Crippen LogP contribution in [0, 0.1) is 24.2 Å². The van der Waals surface area contributed by atoms with Gasteiger partial charge >= 0.3 is 0 Å². The number of hydrogen-bond acceptors (Lipinski definition) is 4. The van der Waals surface area contributed by atoms with E-state index >= 15 is 0 Å². The van der Waals surface area contributed by atoms with E-state index in [4.69, 9.17) is 4.42 Å². The Morgan fingerprint density at radius 3 is 2.78 bits per heavy atom. The number of hydrogen-bond donors (Lipinski definition) is 0. The molecule has 2 aliphatic carbocycles. The minimum Gasteiger partial charge on any atom is -0.419 e. The van der Waals surface area contributed by atoms with Crippen molar-refractivity contribution in [1.82, 2.24) is 15.1 Å². The van der Waals surface area contributed by atoms with Crippen molar-refractivity contribution >= 4 is 0 Å². The van der Waals surface area contributed by atoms with Gasteiger partial charge in [0.15, 0.2) is 0 Å². The zero-order valence-corrected chi connectivity index (χ0v) is 17.1. The Kier molecular flexibility index (Phi) is 5.36. The van der Waals surface area contributed by atoms with Gasteiger partial charge in [0.2, 0.25) is 11.8 Å². The lowest BCUT2D eigenvalue weighted by Gasteiger charge is -2.50. The van der Waals surface area contributed by atoms with Gasteiger partial charge in [-0.1, -0.05) is 43.9 Å². The number of fused-ring (bicyclic) bond motifs is 2. The summed E-state index contributed by atoms with van der Waals surface area (Å²) in [6, 6.07) is 8.25. The van der Waals surface area contributed by atoms with E-state index in [0.29, 0.717) is 11.3 Å². The van der Waals surface area contributed by atoms with Crippen LogP contribution in [-0.2, 0) is 6.54 Å². The first-order valence-corrected chi connectivity index (χ1v) is 10.6. The Morgan fingerprint density at radius 1 is 1.19 bits per heavy atom. The van der Waals surface area contributed by atoms with Gasteiger partial charge in [-0.3, -0.25) is 4.90 Å². The van der Waals surface area contributed by atoms with Gasteiger partial charge in [-0.15, -0.1) is 10.2 Å². The van der Waals surface area contributed by atoms with Crippen molar-refractivity contribution in [2.45, 2.75) is 65.3 Å². The van der Waals surface area contributed by atoms with Gasteiger partial charge in [-0.05, 0) is 69.0 Å². The van der Waals surface area contributed by atoms with E-state index in [2.05, 4.69) is 48.1 Å². The fraction of sp³-hybridized carbons (Fsp3) is 0.652. The largest absolute Gasteiger partial charge is 0.419 e. The van der Waals surface area contributed by atoms with Crippen molar-refractivity contribution in [3.05, 3.63) is 35.7 Å². The quantitative estimate of drug-likeness (QED) is 0.678. The Labute approximate surface area is 163 Å². The topological polar surface area (TPSA) is 42.2 Å². The van der Waals surface area contributed by atoms with Crippen molar-refractivity contribution in [2.75, 3.05) is 13.6 Å². The number of aromatic nitrogens is 2. The number of aryl methyl sites for hydroxylation is 1. The molecule has 4 heteroatoms. The summed E-state index contributed by atoms with van der Waals surface area (Å²) < 4.78 is 5.95. The summed E-state index contributed by atoms with van der Waals surface area (Å²) in [4.78, 5) is 2.41. The first-order chi connectivity index (χ1) is 13.0. The zero-order valence-electron chi connectivity index (χ0n) is 17.1. The van der Waals surface area contributed by atoms with Crippen LogP contribution in [-0.4, -0.2) is 28.7 Å². The smallest absolute Gasteiger partial charge is 0.247 e. The molecule has 2 aliphatic rings. The number of rotatable bonds is 6. The molecule has 3 unspecified atom stereocenters. The molecule has 1 heterocycles. The number of nitrogens with zero attached hydrogens (tertiary/aromatic N) is 3. The van der Waals surface area contributed by atoms with Crippen LogP contribution in [0.2, 0.25) is 0 Å². The zero-order chi connectivity index (χ0) is 18.9. The van der Waals surface area contributed by atoms with Gasteiger partial charge in [0.05, 0.1) is 6.54 Å². The normalized spacial score (nSPS) is 27.9. The molecule has 2 fully saturated rings. The molecule has 0 radical (unpaired) electrons. The van der Waals surface area contributed by atoms with Crippen LogP contribution in [0.4, 0.5) is 0 Å². The number of benzene rings is 1. The van der Waals surface area contributed by atoms with Gasteiger partial charge in [0.1, 0.15) is 0 Å². The molecule has 1 aromatic carbocycles. The van der Waals surface area contributed by atoms with Gasteiger partial charge in [0.25, 0.3) is 0 Å². The summed E-state index contributed by atoms with van der Waals surface area (Å²) in [5.41, 5.74) is 2.74. The van der Waals surface area contributed by atoms with Gasteiger partial charge in [-0.25, -0.2) is 0 Å². The molecule has 2 saturated carbocycles. The third-order valence-corrected chi connectivity index (χ3v) is 6.78. The molecular weight excluding hydrogens is 334 g/mol. The molecule has 27 heavy (non-hydrogen) atoms. The summed E-state index contributed by atoms with van der Waals surface area (Å²) in [6.07, 6.45) is 9.88. The van der Waals surface area contributed by atoms with Crippen LogP contribution in [0.1, 0.15) is 63.3 Å². The van der Waals surface area contributed by atoms with Crippen LogP contribution in [0.15, 0.2) is 28.7 Å². The Hall–Kier alpha value is -1.68. The second-order valence-corrected chi connectivity index (χ2v) is 9.22. The summed E-state index contributed by atoms with van der Waals surface area (Å²) in [5.74, 6) is 3.23. The Morgan fingerprint density at radius 2 is 2.00 bits per heavy atom. The lowest BCUT2D eigenvalue weighted by molar-refractivity contribution is 0.00947. The van der Waals surface area contributed by atoms with Crippen LogP contribution < -0.4 is 0 Å². The first kappa shape index (κ1) is 18.7. The summed E-state index contributed by atoms with van der Waals surface area (Å²) >= 11 is 0. The van der Waals surface area contributed by atoms with Crippen LogP contribution in [0.5, 0.6) is 0 Å².